The molecule has 0 spiro atoms. The molecule has 0 aromatic heterocycles. The van der Waals surface area contributed by atoms with Crippen LogP contribution in [0.25, 0.3) is 0 Å². The normalized spacial score (nSPS) is 14.6. The summed E-state index contributed by atoms with van der Waals surface area (Å²) in [6, 6.07) is 3.51. The van der Waals surface area contributed by atoms with Crippen molar-refractivity contribution >= 4 is 5.97 Å². The molecule has 92 valence electrons. The van der Waals surface area contributed by atoms with Crippen LogP contribution >= 0.6 is 0 Å². The van der Waals surface area contributed by atoms with Crippen molar-refractivity contribution < 1.29 is 23.8 Å². The number of ether oxygens (including phenoxy) is 2. The quantitative estimate of drug-likeness (QED) is 0.612. The molecule has 0 saturated heterocycles. The molecular weight excluding hydrogens is 227 g/mol. The first-order chi connectivity index (χ1) is 8.16. The highest BCUT2D eigenvalue weighted by molar-refractivity contribution is 5.87. The van der Waals surface area contributed by atoms with Crippen molar-refractivity contribution in [2.45, 2.75) is 12.8 Å². The van der Waals surface area contributed by atoms with Crippen LogP contribution in [0.1, 0.15) is 23.2 Å². The van der Waals surface area contributed by atoms with Crippen molar-refractivity contribution in [1.29, 1.82) is 0 Å². The van der Waals surface area contributed by atoms with E-state index < -0.39 is 11.8 Å². The molecule has 1 N–H and O–H groups in total. The summed E-state index contributed by atoms with van der Waals surface area (Å²) < 4.78 is 23.6. The van der Waals surface area contributed by atoms with Crippen LogP contribution in [0.3, 0.4) is 0 Å². The van der Waals surface area contributed by atoms with E-state index in [0.717, 1.165) is 6.07 Å². The third kappa shape index (κ3) is 3.42. The summed E-state index contributed by atoms with van der Waals surface area (Å²) in [6.07, 6.45) is 2.36. The first-order valence-corrected chi connectivity index (χ1v) is 5.40. The second kappa shape index (κ2) is 5.14. The minimum absolute atomic E-state index is 0.00537. The van der Waals surface area contributed by atoms with Gasteiger partial charge in [-0.15, -0.1) is 0 Å². The fourth-order valence-electron chi connectivity index (χ4n) is 1.36. The first kappa shape index (κ1) is 11.9. The van der Waals surface area contributed by atoms with Crippen molar-refractivity contribution in [2.24, 2.45) is 5.92 Å². The van der Waals surface area contributed by atoms with Crippen LogP contribution in [0.5, 0.6) is 5.75 Å². The maximum atomic E-state index is 13.4. The number of aromatic carboxylic acids is 1. The molecule has 4 nitrogen and oxygen atoms in total. The van der Waals surface area contributed by atoms with Crippen molar-refractivity contribution in [3.8, 4) is 5.75 Å². The smallest absolute Gasteiger partial charge is 0.335 e. The Labute approximate surface area is 98.0 Å². The maximum Gasteiger partial charge on any atom is 0.335 e. The van der Waals surface area contributed by atoms with E-state index in [-0.39, 0.29) is 18.1 Å². The molecule has 0 atom stereocenters. The van der Waals surface area contributed by atoms with Gasteiger partial charge in [-0.3, -0.25) is 0 Å². The van der Waals surface area contributed by atoms with Crippen LogP contribution in [0.15, 0.2) is 18.2 Å². The van der Waals surface area contributed by atoms with Gasteiger partial charge in [0.05, 0.1) is 12.2 Å². The van der Waals surface area contributed by atoms with E-state index in [1.807, 2.05) is 0 Å². The third-order valence-corrected chi connectivity index (χ3v) is 2.53. The molecule has 17 heavy (non-hydrogen) atoms. The van der Waals surface area contributed by atoms with Crippen molar-refractivity contribution in [1.82, 2.24) is 0 Å². The Hall–Kier alpha value is -1.62. The zero-order valence-corrected chi connectivity index (χ0v) is 9.19. The Bertz CT molecular complexity index is 415. The summed E-state index contributed by atoms with van der Waals surface area (Å²) in [5.74, 6) is -1.23. The van der Waals surface area contributed by atoms with E-state index in [1.54, 1.807) is 0 Å². The summed E-state index contributed by atoms with van der Waals surface area (Å²) in [7, 11) is 0. The number of carbonyl (C=O) groups is 1. The van der Waals surface area contributed by atoms with Gasteiger partial charge >= 0.3 is 5.97 Å². The van der Waals surface area contributed by atoms with Gasteiger partial charge in [-0.05, 0) is 37.0 Å². The molecule has 0 amide bonds. The predicted octanol–water partition coefficient (Wildman–Crippen LogP) is 2.29. The van der Waals surface area contributed by atoms with Crippen LogP contribution in [0, 0.1) is 11.7 Å². The Morgan fingerprint density at radius 1 is 1.47 bits per heavy atom. The van der Waals surface area contributed by atoms with Gasteiger partial charge in [0, 0.05) is 0 Å². The molecule has 2 rings (SSSR count). The first-order valence-electron chi connectivity index (χ1n) is 5.40. The fraction of sp³-hybridized carbons (Fsp3) is 0.417. The van der Waals surface area contributed by atoms with E-state index in [9.17, 15) is 9.18 Å². The highest BCUT2D eigenvalue weighted by Crippen LogP contribution is 2.28. The largest absolute Gasteiger partial charge is 0.478 e. The van der Waals surface area contributed by atoms with E-state index in [1.165, 1.54) is 25.0 Å². The van der Waals surface area contributed by atoms with Gasteiger partial charge in [-0.1, -0.05) is 0 Å². The SMILES string of the molecule is O=C(O)c1ccc(OCOCC2CC2)c(F)c1. The van der Waals surface area contributed by atoms with E-state index in [0.29, 0.717) is 12.5 Å². The molecule has 0 unspecified atom stereocenters. The highest BCUT2D eigenvalue weighted by atomic mass is 19.1. The van der Waals surface area contributed by atoms with Crippen molar-refractivity contribution in [2.75, 3.05) is 13.4 Å². The Kier molecular flexibility index (Phi) is 3.58. The lowest BCUT2D eigenvalue weighted by molar-refractivity contribution is 0.00792. The minimum Gasteiger partial charge on any atom is -0.478 e. The molecule has 1 fully saturated rings. The minimum atomic E-state index is -1.17. The fourth-order valence-corrected chi connectivity index (χ4v) is 1.36. The van der Waals surface area contributed by atoms with E-state index in [4.69, 9.17) is 14.6 Å². The van der Waals surface area contributed by atoms with Crippen LogP contribution < -0.4 is 4.74 Å². The summed E-state index contributed by atoms with van der Waals surface area (Å²) >= 11 is 0. The molecule has 0 bridgehead atoms. The van der Waals surface area contributed by atoms with E-state index in [2.05, 4.69) is 0 Å². The average Bonchev–Trinajstić information content (AvgIpc) is 3.09. The van der Waals surface area contributed by atoms with Gasteiger partial charge in [-0.25, -0.2) is 9.18 Å². The number of benzene rings is 1. The summed E-state index contributed by atoms with van der Waals surface area (Å²) in [6.45, 7) is 0.620. The van der Waals surface area contributed by atoms with Crippen molar-refractivity contribution in [3.05, 3.63) is 29.6 Å². The topological polar surface area (TPSA) is 55.8 Å². The number of carboxylic acids is 1. The average molecular weight is 240 g/mol. The number of carboxylic acid groups (broad SMARTS) is 1. The van der Waals surface area contributed by atoms with Gasteiger partial charge in [0.2, 0.25) is 0 Å². The molecule has 1 aliphatic carbocycles. The Morgan fingerprint density at radius 2 is 2.24 bits per heavy atom. The van der Waals surface area contributed by atoms with Crippen LogP contribution in [0.4, 0.5) is 4.39 Å². The molecule has 1 aromatic carbocycles. The number of rotatable bonds is 6. The van der Waals surface area contributed by atoms with E-state index >= 15 is 0 Å². The van der Waals surface area contributed by atoms with Crippen molar-refractivity contribution in [3.63, 3.8) is 0 Å². The summed E-state index contributed by atoms with van der Waals surface area (Å²) in [5, 5.41) is 8.65. The molecule has 5 heteroatoms. The third-order valence-electron chi connectivity index (χ3n) is 2.53. The van der Waals surface area contributed by atoms with Crippen LogP contribution in [0.2, 0.25) is 0 Å². The molecule has 1 aromatic rings. The number of hydrogen-bond acceptors (Lipinski definition) is 3. The Morgan fingerprint density at radius 3 is 2.82 bits per heavy atom. The highest BCUT2D eigenvalue weighted by Gasteiger charge is 2.21. The second-order valence-electron chi connectivity index (χ2n) is 4.03. The summed E-state index contributed by atoms with van der Waals surface area (Å²) in [5.41, 5.74) is -0.103. The molecule has 1 aliphatic rings. The molecular formula is C12H13FO4. The van der Waals surface area contributed by atoms with Gasteiger partial charge in [0.25, 0.3) is 0 Å². The molecule has 0 heterocycles. The lowest BCUT2D eigenvalue weighted by atomic mass is 10.2. The standard InChI is InChI=1S/C12H13FO4/c13-10-5-9(12(14)15)3-4-11(10)17-7-16-6-8-1-2-8/h3-5,8H,1-2,6-7H2,(H,14,15). The van der Waals surface area contributed by atoms with Crippen LogP contribution in [-0.4, -0.2) is 24.5 Å². The van der Waals surface area contributed by atoms with Gasteiger partial charge < -0.3 is 14.6 Å². The van der Waals surface area contributed by atoms with Gasteiger partial charge in [0.15, 0.2) is 18.4 Å². The number of hydrogen-bond donors (Lipinski definition) is 1. The molecule has 0 radical (unpaired) electrons. The zero-order valence-electron chi connectivity index (χ0n) is 9.19. The second-order valence-corrected chi connectivity index (χ2v) is 4.03. The lowest BCUT2D eigenvalue weighted by Gasteiger charge is -2.08. The van der Waals surface area contributed by atoms with Crippen LogP contribution in [-0.2, 0) is 4.74 Å². The monoisotopic (exact) mass is 240 g/mol. The molecule has 1 saturated carbocycles. The predicted molar refractivity (Wildman–Crippen MR) is 57.5 cm³/mol. The zero-order chi connectivity index (χ0) is 12.3. The Balaban J connectivity index is 1.84. The lowest BCUT2D eigenvalue weighted by Crippen LogP contribution is -2.06. The number of halogens is 1. The molecule has 0 aliphatic heterocycles. The summed E-state index contributed by atoms with van der Waals surface area (Å²) in [4.78, 5) is 10.6. The van der Waals surface area contributed by atoms with Gasteiger partial charge in [0.1, 0.15) is 0 Å². The van der Waals surface area contributed by atoms with Gasteiger partial charge in [-0.2, -0.15) is 0 Å². The maximum absolute atomic E-state index is 13.4.